The number of benzene rings is 1. The molecule has 0 heterocycles. The number of hydrogen-bond acceptors (Lipinski definition) is 2. The zero-order valence-electron chi connectivity index (χ0n) is 11.3. The predicted octanol–water partition coefficient (Wildman–Crippen LogP) is 3.77. The molecule has 0 radical (unpaired) electrons. The molecular weight excluding hydrogens is 248 g/mol. The van der Waals surface area contributed by atoms with Crippen LogP contribution in [-0.4, -0.2) is 6.10 Å². The number of rotatable bonds is 4. The molecule has 0 bridgehead atoms. The van der Waals surface area contributed by atoms with Gasteiger partial charge in [-0.05, 0) is 49.3 Å². The standard InChI is InChI=1S/C15H21F2NO/c1-2-11-5-3-4-6-14(11)19-15-12(16)7-10(9-18)8-13(15)17/h7-8,11,14H,2-6,9,18H2,1H3. The fourth-order valence-corrected chi connectivity index (χ4v) is 2.79. The SMILES string of the molecule is CCC1CCCCC1Oc1c(F)cc(CN)cc1F. The van der Waals surface area contributed by atoms with Crippen molar-refractivity contribution in [2.45, 2.75) is 51.7 Å². The van der Waals surface area contributed by atoms with E-state index in [0.29, 0.717) is 11.5 Å². The van der Waals surface area contributed by atoms with Crippen LogP contribution in [0.2, 0.25) is 0 Å². The Hall–Kier alpha value is -1.16. The fraction of sp³-hybridized carbons (Fsp3) is 0.600. The molecule has 1 saturated carbocycles. The summed E-state index contributed by atoms with van der Waals surface area (Å²) in [7, 11) is 0. The maximum Gasteiger partial charge on any atom is 0.191 e. The highest BCUT2D eigenvalue weighted by Gasteiger charge is 2.27. The van der Waals surface area contributed by atoms with Crippen molar-refractivity contribution < 1.29 is 13.5 Å². The average Bonchev–Trinajstić information content (AvgIpc) is 2.43. The molecule has 2 N–H and O–H groups in total. The molecule has 2 rings (SSSR count). The topological polar surface area (TPSA) is 35.2 Å². The highest BCUT2D eigenvalue weighted by atomic mass is 19.1. The minimum atomic E-state index is -0.652. The van der Waals surface area contributed by atoms with Crippen LogP contribution in [0.25, 0.3) is 0 Å². The Morgan fingerprint density at radius 2 is 1.84 bits per heavy atom. The summed E-state index contributed by atoms with van der Waals surface area (Å²) in [5.74, 6) is -1.16. The van der Waals surface area contributed by atoms with Gasteiger partial charge in [-0.3, -0.25) is 0 Å². The van der Waals surface area contributed by atoms with Gasteiger partial charge in [-0.2, -0.15) is 0 Å². The third kappa shape index (κ3) is 3.24. The zero-order valence-corrected chi connectivity index (χ0v) is 11.3. The summed E-state index contributed by atoms with van der Waals surface area (Å²) in [6, 6.07) is 2.50. The summed E-state index contributed by atoms with van der Waals surface area (Å²) >= 11 is 0. The van der Waals surface area contributed by atoms with Gasteiger partial charge in [0, 0.05) is 6.54 Å². The molecule has 2 unspecified atom stereocenters. The molecule has 0 aliphatic heterocycles. The van der Waals surface area contributed by atoms with Gasteiger partial charge >= 0.3 is 0 Å². The van der Waals surface area contributed by atoms with Crippen LogP contribution in [0.4, 0.5) is 8.78 Å². The molecule has 1 fully saturated rings. The van der Waals surface area contributed by atoms with Crippen molar-refractivity contribution >= 4 is 0 Å². The maximum absolute atomic E-state index is 13.9. The molecule has 2 atom stereocenters. The van der Waals surface area contributed by atoms with Crippen molar-refractivity contribution in [1.82, 2.24) is 0 Å². The van der Waals surface area contributed by atoms with Crippen molar-refractivity contribution in [1.29, 1.82) is 0 Å². The Balaban J connectivity index is 2.18. The second kappa shape index (κ2) is 6.33. The van der Waals surface area contributed by atoms with E-state index in [1.165, 1.54) is 18.6 Å². The molecule has 0 aromatic heterocycles. The first-order valence-corrected chi connectivity index (χ1v) is 7.00. The largest absolute Gasteiger partial charge is 0.484 e. The van der Waals surface area contributed by atoms with Gasteiger partial charge < -0.3 is 10.5 Å². The van der Waals surface area contributed by atoms with Gasteiger partial charge in [0.1, 0.15) is 6.10 Å². The van der Waals surface area contributed by atoms with Crippen molar-refractivity contribution in [3.05, 3.63) is 29.3 Å². The van der Waals surface area contributed by atoms with E-state index in [-0.39, 0.29) is 18.4 Å². The predicted molar refractivity (Wildman–Crippen MR) is 70.9 cm³/mol. The van der Waals surface area contributed by atoms with Crippen molar-refractivity contribution in [2.24, 2.45) is 11.7 Å². The highest BCUT2D eigenvalue weighted by molar-refractivity contribution is 5.31. The molecule has 0 spiro atoms. The van der Waals surface area contributed by atoms with E-state index in [2.05, 4.69) is 6.92 Å². The van der Waals surface area contributed by atoms with Crippen LogP contribution in [-0.2, 0) is 6.54 Å². The van der Waals surface area contributed by atoms with Gasteiger partial charge in [0.25, 0.3) is 0 Å². The number of ether oxygens (including phenoxy) is 1. The Kier molecular flexibility index (Phi) is 4.75. The first kappa shape index (κ1) is 14.3. The summed E-state index contributed by atoms with van der Waals surface area (Å²) in [4.78, 5) is 0. The van der Waals surface area contributed by atoms with Crippen LogP contribution in [0.1, 0.15) is 44.6 Å². The fourth-order valence-electron chi connectivity index (χ4n) is 2.79. The summed E-state index contributed by atoms with van der Waals surface area (Å²) in [5.41, 5.74) is 5.83. The van der Waals surface area contributed by atoms with E-state index in [1.807, 2.05) is 0 Å². The van der Waals surface area contributed by atoms with Gasteiger partial charge in [0.05, 0.1) is 0 Å². The van der Waals surface area contributed by atoms with Crippen molar-refractivity contribution in [3.63, 3.8) is 0 Å². The van der Waals surface area contributed by atoms with Crippen LogP contribution in [0, 0.1) is 17.6 Å². The summed E-state index contributed by atoms with van der Waals surface area (Å²) in [6.07, 6.45) is 5.09. The van der Waals surface area contributed by atoms with Gasteiger partial charge in [0.15, 0.2) is 17.4 Å². The van der Waals surface area contributed by atoms with Crippen LogP contribution in [0.3, 0.4) is 0 Å². The van der Waals surface area contributed by atoms with E-state index in [9.17, 15) is 8.78 Å². The third-order valence-electron chi connectivity index (χ3n) is 3.93. The van der Waals surface area contributed by atoms with Gasteiger partial charge in [-0.1, -0.05) is 13.3 Å². The van der Waals surface area contributed by atoms with Crippen molar-refractivity contribution in [3.8, 4) is 5.75 Å². The van der Waals surface area contributed by atoms with Gasteiger partial charge in [-0.25, -0.2) is 8.78 Å². The summed E-state index contributed by atoms with van der Waals surface area (Å²) in [5, 5.41) is 0. The van der Waals surface area contributed by atoms with E-state index >= 15 is 0 Å². The molecule has 0 amide bonds. The second-order valence-corrected chi connectivity index (χ2v) is 5.20. The Morgan fingerprint density at radius 1 is 1.21 bits per heavy atom. The van der Waals surface area contributed by atoms with Crippen LogP contribution >= 0.6 is 0 Å². The lowest BCUT2D eigenvalue weighted by molar-refractivity contribution is 0.0819. The number of nitrogens with two attached hydrogens (primary N) is 1. The quantitative estimate of drug-likeness (QED) is 0.903. The van der Waals surface area contributed by atoms with Crippen molar-refractivity contribution in [2.75, 3.05) is 0 Å². The normalized spacial score (nSPS) is 23.4. The monoisotopic (exact) mass is 269 g/mol. The Bertz CT molecular complexity index is 413. The van der Waals surface area contributed by atoms with Crippen LogP contribution < -0.4 is 10.5 Å². The smallest absolute Gasteiger partial charge is 0.191 e. The molecule has 19 heavy (non-hydrogen) atoms. The van der Waals surface area contributed by atoms with Gasteiger partial charge in [0.2, 0.25) is 0 Å². The van der Waals surface area contributed by atoms with E-state index in [1.54, 1.807) is 0 Å². The second-order valence-electron chi connectivity index (χ2n) is 5.20. The maximum atomic E-state index is 13.9. The first-order valence-electron chi connectivity index (χ1n) is 7.00. The Morgan fingerprint density at radius 3 is 2.42 bits per heavy atom. The zero-order chi connectivity index (χ0) is 13.8. The Labute approximate surface area is 112 Å². The molecular formula is C15H21F2NO. The van der Waals surface area contributed by atoms with Crippen LogP contribution in [0.5, 0.6) is 5.75 Å². The molecule has 2 nitrogen and oxygen atoms in total. The summed E-state index contributed by atoms with van der Waals surface area (Å²) < 4.78 is 33.4. The third-order valence-corrected chi connectivity index (χ3v) is 3.93. The van der Waals surface area contributed by atoms with Gasteiger partial charge in [-0.15, -0.1) is 0 Å². The van der Waals surface area contributed by atoms with Crippen LogP contribution in [0.15, 0.2) is 12.1 Å². The molecule has 1 aromatic carbocycles. The van der Waals surface area contributed by atoms with E-state index < -0.39 is 11.6 Å². The minimum absolute atomic E-state index is 0.0773. The lowest BCUT2D eigenvalue weighted by Gasteiger charge is -2.31. The molecule has 1 aliphatic rings. The molecule has 4 heteroatoms. The minimum Gasteiger partial charge on any atom is -0.484 e. The molecule has 1 aromatic rings. The average molecular weight is 269 g/mol. The molecule has 106 valence electrons. The number of halogens is 2. The number of hydrogen-bond donors (Lipinski definition) is 1. The molecule has 0 saturated heterocycles. The lowest BCUT2D eigenvalue weighted by Crippen LogP contribution is -2.30. The first-order chi connectivity index (χ1) is 9.15. The van der Waals surface area contributed by atoms with E-state index in [4.69, 9.17) is 10.5 Å². The summed E-state index contributed by atoms with van der Waals surface area (Å²) in [6.45, 7) is 2.21. The molecule has 1 aliphatic carbocycles. The van der Waals surface area contributed by atoms with E-state index in [0.717, 1.165) is 25.7 Å². The lowest BCUT2D eigenvalue weighted by atomic mass is 9.85. The highest BCUT2D eigenvalue weighted by Crippen LogP contribution is 2.33.